The van der Waals surface area contributed by atoms with Crippen LogP contribution in [0.2, 0.25) is 0 Å². The summed E-state index contributed by atoms with van der Waals surface area (Å²) < 4.78 is 15.3. The minimum atomic E-state index is -0.237. The van der Waals surface area contributed by atoms with Gasteiger partial charge in [0.2, 0.25) is 0 Å². The maximum Gasteiger partial charge on any atom is 0.176 e. The fourth-order valence-corrected chi connectivity index (χ4v) is 2.46. The Bertz CT molecular complexity index is 842. The van der Waals surface area contributed by atoms with Crippen LogP contribution in [0.3, 0.4) is 0 Å². The summed E-state index contributed by atoms with van der Waals surface area (Å²) in [6, 6.07) is 16.4. The first kappa shape index (κ1) is 16.1. The fourth-order valence-electron chi connectivity index (χ4n) is 2.23. The van der Waals surface area contributed by atoms with Gasteiger partial charge in [-0.25, -0.2) is 4.39 Å². The van der Waals surface area contributed by atoms with Crippen molar-refractivity contribution in [3.05, 3.63) is 77.7 Å². The van der Waals surface area contributed by atoms with Crippen LogP contribution in [0.15, 0.2) is 60.8 Å². The SMILES string of the molecule is Cc1ccc(NC(=S)Nc2ccn(Cc3ccccc3F)n2)cc1. The number of nitrogens with one attached hydrogen (secondary N) is 2. The smallest absolute Gasteiger partial charge is 0.176 e. The zero-order valence-electron chi connectivity index (χ0n) is 13.2. The highest BCUT2D eigenvalue weighted by Crippen LogP contribution is 2.12. The van der Waals surface area contributed by atoms with E-state index in [0.29, 0.717) is 23.0 Å². The van der Waals surface area contributed by atoms with Gasteiger partial charge in [0.25, 0.3) is 0 Å². The molecule has 0 bridgehead atoms. The van der Waals surface area contributed by atoms with Crippen molar-refractivity contribution >= 4 is 28.8 Å². The van der Waals surface area contributed by atoms with Crippen molar-refractivity contribution in [2.45, 2.75) is 13.5 Å². The molecule has 24 heavy (non-hydrogen) atoms. The third-order valence-corrected chi connectivity index (χ3v) is 3.69. The number of halogens is 1. The Kier molecular flexibility index (Phi) is 4.86. The van der Waals surface area contributed by atoms with Gasteiger partial charge in [0.05, 0.1) is 6.54 Å². The predicted molar refractivity (Wildman–Crippen MR) is 98.8 cm³/mol. The molecule has 0 aliphatic rings. The first-order valence-corrected chi connectivity index (χ1v) is 7.92. The van der Waals surface area contributed by atoms with Gasteiger partial charge in [-0.15, -0.1) is 0 Å². The molecule has 122 valence electrons. The molecule has 1 heterocycles. The first-order valence-electron chi connectivity index (χ1n) is 7.52. The Hall–Kier alpha value is -2.73. The average molecular weight is 340 g/mol. The van der Waals surface area contributed by atoms with Crippen LogP contribution >= 0.6 is 12.2 Å². The van der Waals surface area contributed by atoms with Crippen LogP contribution in [0.4, 0.5) is 15.9 Å². The van der Waals surface area contributed by atoms with Gasteiger partial charge in [0.15, 0.2) is 10.9 Å². The molecule has 0 amide bonds. The lowest BCUT2D eigenvalue weighted by Crippen LogP contribution is -2.19. The van der Waals surface area contributed by atoms with Crippen molar-refractivity contribution < 1.29 is 4.39 Å². The van der Waals surface area contributed by atoms with Crippen LogP contribution in [-0.4, -0.2) is 14.9 Å². The van der Waals surface area contributed by atoms with E-state index in [1.165, 1.54) is 11.6 Å². The summed E-state index contributed by atoms with van der Waals surface area (Å²) in [5, 5.41) is 10.9. The van der Waals surface area contributed by atoms with Crippen LogP contribution < -0.4 is 10.6 Å². The lowest BCUT2D eigenvalue weighted by atomic mass is 10.2. The summed E-state index contributed by atoms with van der Waals surface area (Å²) in [5.41, 5.74) is 2.68. The number of nitrogens with zero attached hydrogens (tertiary/aromatic N) is 2. The van der Waals surface area contributed by atoms with Gasteiger partial charge >= 0.3 is 0 Å². The molecule has 3 aromatic rings. The Morgan fingerprint density at radius 1 is 1.08 bits per heavy atom. The molecule has 0 unspecified atom stereocenters. The van der Waals surface area contributed by atoms with Crippen molar-refractivity contribution in [3.8, 4) is 0 Å². The number of hydrogen-bond donors (Lipinski definition) is 2. The van der Waals surface area contributed by atoms with E-state index >= 15 is 0 Å². The molecule has 0 radical (unpaired) electrons. The number of aromatic nitrogens is 2. The van der Waals surface area contributed by atoms with E-state index in [1.54, 1.807) is 29.1 Å². The predicted octanol–water partition coefficient (Wildman–Crippen LogP) is 4.19. The summed E-state index contributed by atoms with van der Waals surface area (Å²) >= 11 is 5.28. The van der Waals surface area contributed by atoms with Gasteiger partial charge in [-0.05, 0) is 37.3 Å². The number of thiocarbonyl (C=S) groups is 1. The van der Waals surface area contributed by atoms with E-state index in [0.717, 1.165) is 5.69 Å². The minimum absolute atomic E-state index is 0.237. The number of aryl methyl sites for hydroxylation is 1. The first-order chi connectivity index (χ1) is 11.6. The fraction of sp³-hybridized carbons (Fsp3) is 0.111. The molecule has 6 heteroatoms. The molecule has 0 atom stereocenters. The molecule has 0 saturated heterocycles. The van der Waals surface area contributed by atoms with Gasteiger partial charge in [-0.3, -0.25) is 4.68 Å². The Morgan fingerprint density at radius 2 is 1.83 bits per heavy atom. The van der Waals surface area contributed by atoms with E-state index in [1.807, 2.05) is 37.3 Å². The topological polar surface area (TPSA) is 41.9 Å². The summed E-state index contributed by atoms with van der Waals surface area (Å²) in [5.74, 6) is 0.370. The highest BCUT2D eigenvalue weighted by molar-refractivity contribution is 7.80. The molecule has 0 aliphatic carbocycles. The quantitative estimate of drug-likeness (QED) is 0.699. The van der Waals surface area contributed by atoms with Crippen LogP contribution in [0.25, 0.3) is 0 Å². The Labute approximate surface area is 145 Å². The molecule has 2 aromatic carbocycles. The van der Waals surface area contributed by atoms with E-state index in [2.05, 4.69) is 15.7 Å². The Balaban J connectivity index is 1.60. The van der Waals surface area contributed by atoms with Gasteiger partial charge in [0, 0.05) is 23.5 Å². The zero-order valence-corrected chi connectivity index (χ0v) is 14.0. The van der Waals surface area contributed by atoms with Crippen molar-refractivity contribution in [2.75, 3.05) is 10.6 Å². The summed E-state index contributed by atoms with van der Waals surface area (Å²) in [4.78, 5) is 0. The van der Waals surface area contributed by atoms with Crippen LogP contribution in [0.1, 0.15) is 11.1 Å². The average Bonchev–Trinajstić information content (AvgIpc) is 2.99. The molecular formula is C18H17FN4S. The molecule has 1 aromatic heterocycles. The molecular weight excluding hydrogens is 323 g/mol. The summed E-state index contributed by atoms with van der Waals surface area (Å²) in [6.07, 6.45) is 1.78. The monoisotopic (exact) mass is 340 g/mol. The van der Waals surface area contributed by atoms with E-state index in [9.17, 15) is 4.39 Å². The summed E-state index contributed by atoms with van der Waals surface area (Å²) in [7, 11) is 0. The lowest BCUT2D eigenvalue weighted by Gasteiger charge is -2.09. The van der Waals surface area contributed by atoms with Crippen molar-refractivity contribution in [1.29, 1.82) is 0 Å². The van der Waals surface area contributed by atoms with Gasteiger partial charge in [-0.2, -0.15) is 5.10 Å². The Morgan fingerprint density at radius 3 is 2.58 bits per heavy atom. The summed E-state index contributed by atoms with van der Waals surface area (Å²) in [6.45, 7) is 2.40. The highest BCUT2D eigenvalue weighted by Gasteiger charge is 2.05. The second-order valence-electron chi connectivity index (χ2n) is 5.44. The second-order valence-corrected chi connectivity index (χ2v) is 5.84. The third-order valence-electron chi connectivity index (χ3n) is 3.48. The molecule has 0 saturated carbocycles. The standard InChI is InChI=1S/C18H17FN4S/c1-13-6-8-15(9-7-13)20-18(24)21-17-10-11-23(22-17)12-14-4-2-3-5-16(14)19/h2-11H,12H2,1H3,(H2,20,21,22,24). The second kappa shape index (κ2) is 7.23. The number of benzene rings is 2. The third kappa shape index (κ3) is 4.17. The number of hydrogen-bond acceptors (Lipinski definition) is 2. The van der Waals surface area contributed by atoms with Crippen molar-refractivity contribution in [3.63, 3.8) is 0 Å². The molecule has 3 rings (SSSR count). The van der Waals surface area contributed by atoms with E-state index in [4.69, 9.17) is 12.2 Å². The maximum atomic E-state index is 13.7. The van der Waals surface area contributed by atoms with Crippen molar-refractivity contribution in [1.82, 2.24) is 9.78 Å². The van der Waals surface area contributed by atoms with E-state index < -0.39 is 0 Å². The lowest BCUT2D eigenvalue weighted by molar-refractivity contribution is 0.586. The molecule has 4 nitrogen and oxygen atoms in total. The molecule has 2 N–H and O–H groups in total. The largest absolute Gasteiger partial charge is 0.332 e. The van der Waals surface area contributed by atoms with Gasteiger partial charge in [-0.1, -0.05) is 35.9 Å². The molecule has 0 fully saturated rings. The van der Waals surface area contributed by atoms with Gasteiger partial charge < -0.3 is 10.6 Å². The van der Waals surface area contributed by atoms with Crippen molar-refractivity contribution in [2.24, 2.45) is 0 Å². The van der Waals surface area contributed by atoms with Gasteiger partial charge in [0.1, 0.15) is 5.82 Å². The highest BCUT2D eigenvalue weighted by atomic mass is 32.1. The van der Waals surface area contributed by atoms with E-state index in [-0.39, 0.29) is 5.82 Å². The molecule has 0 spiro atoms. The minimum Gasteiger partial charge on any atom is -0.332 e. The molecule has 0 aliphatic heterocycles. The van der Waals surface area contributed by atoms with Crippen LogP contribution in [0, 0.1) is 12.7 Å². The normalized spacial score (nSPS) is 10.4. The number of rotatable bonds is 4. The zero-order chi connectivity index (χ0) is 16.9. The number of anilines is 2. The maximum absolute atomic E-state index is 13.7. The van der Waals surface area contributed by atoms with Crippen LogP contribution in [0.5, 0.6) is 0 Å². The van der Waals surface area contributed by atoms with Crippen LogP contribution in [-0.2, 0) is 6.54 Å².